The normalized spacial score (nSPS) is 43.9. The summed E-state index contributed by atoms with van der Waals surface area (Å²) in [7, 11) is 0. The Morgan fingerprint density at radius 2 is 2.10 bits per heavy atom. The van der Waals surface area contributed by atoms with Gasteiger partial charge >= 0.3 is 0 Å². The van der Waals surface area contributed by atoms with Crippen molar-refractivity contribution in [2.45, 2.75) is 81.1 Å². The largest absolute Gasteiger partial charge is 0.375 e. The highest BCUT2D eigenvalue weighted by atomic mass is 16.5. The van der Waals surface area contributed by atoms with Crippen molar-refractivity contribution in [2.24, 2.45) is 5.73 Å². The molecule has 1 heterocycles. The highest BCUT2D eigenvalue weighted by Crippen LogP contribution is 2.40. The lowest BCUT2D eigenvalue weighted by atomic mass is 9.95. The van der Waals surface area contributed by atoms with E-state index in [2.05, 4.69) is 10.2 Å². The van der Waals surface area contributed by atoms with Gasteiger partial charge in [0.05, 0.1) is 18.2 Å². The van der Waals surface area contributed by atoms with Crippen LogP contribution >= 0.6 is 0 Å². The molecule has 3 N–H and O–H groups in total. The van der Waals surface area contributed by atoms with Crippen LogP contribution in [0.5, 0.6) is 0 Å². The van der Waals surface area contributed by atoms with Crippen LogP contribution in [0, 0.1) is 0 Å². The van der Waals surface area contributed by atoms with Crippen LogP contribution in [0.15, 0.2) is 0 Å². The SMILES string of the molecule is NC(=O)C1(NC2CC2)CCC(N2CCOC3CCCC32)C1. The zero-order chi connectivity index (χ0) is 14.4. The summed E-state index contributed by atoms with van der Waals surface area (Å²) < 4.78 is 5.92. The van der Waals surface area contributed by atoms with Gasteiger partial charge in [-0.05, 0) is 51.4 Å². The zero-order valence-electron chi connectivity index (χ0n) is 12.7. The number of nitrogens with zero attached hydrogens (tertiary/aromatic N) is 1. The van der Waals surface area contributed by atoms with Crippen LogP contribution in [0.1, 0.15) is 51.4 Å². The summed E-state index contributed by atoms with van der Waals surface area (Å²) in [4.78, 5) is 14.7. The molecule has 21 heavy (non-hydrogen) atoms. The number of fused-ring (bicyclic) bond motifs is 1. The first-order valence-electron chi connectivity index (χ1n) is 8.63. The van der Waals surface area contributed by atoms with Crippen LogP contribution < -0.4 is 11.1 Å². The topological polar surface area (TPSA) is 67.6 Å². The lowest BCUT2D eigenvalue weighted by Crippen LogP contribution is -2.57. The van der Waals surface area contributed by atoms with Gasteiger partial charge in [-0.1, -0.05) is 0 Å². The average Bonchev–Trinajstić information content (AvgIpc) is 3.00. The van der Waals surface area contributed by atoms with Crippen LogP contribution in [0.2, 0.25) is 0 Å². The van der Waals surface area contributed by atoms with Crippen LogP contribution in [0.4, 0.5) is 0 Å². The van der Waals surface area contributed by atoms with E-state index >= 15 is 0 Å². The molecule has 118 valence electrons. The molecule has 0 aromatic rings. The van der Waals surface area contributed by atoms with Crippen molar-refractivity contribution in [3.63, 3.8) is 0 Å². The molecule has 5 heteroatoms. The second kappa shape index (κ2) is 5.21. The molecular weight excluding hydrogens is 266 g/mol. The maximum Gasteiger partial charge on any atom is 0.237 e. The van der Waals surface area contributed by atoms with Crippen molar-refractivity contribution in [3.8, 4) is 0 Å². The van der Waals surface area contributed by atoms with Crippen molar-refractivity contribution in [3.05, 3.63) is 0 Å². The van der Waals surface area contributed by atoms with Gasteiger partial charge in [0, 0.05) is 24.7 Å². The zero-order valence-corrected chi connectivity index (χ0v) is 12.7. The summed E-state index contributed by atoms with van der Waals surface area (Å²) in [6, 6.07) is 1.60. The van der Waals surface area contributed by atoms with Gasteiger partial charge in [0.2, 0.25) is 5.91 Å². The first kappa shape index (κ1) is 14.0. The van der Waals surface area contributed by atoms with E-state index in [1.807, 2.05) is 0 Å². The molecule has 3 saturated carbocycles. The molecular formula is C16H27N3O2. The number of rotatable bonds is 4. The summed E-state index contributed by atoms with van der Waals surface area (Å²) in [5.41, 5.74) is 5.32. The lowest BCUT2D eigenvalue weighted by Gasteiger charge is -2.42. The average molecular weight is 293 g/mol. The van der Waals surface area contributed by atoms with Crippen molar-refractivity contribution in [1.29, 1.82) is 0 Å². The number of hydrogen-bond donors (Lipinski definition) is 2. The minimum atomic E-state index is -0.446. The van der Waals surface area contributed by atoms with E-state index in [-0.39, 0.29) is 5.91 Å². The summed E-state index contributed by atoms with van der Waals surface area (Å²) in [5.74, 6) is -0.145. The first-order chi connectivity index (χ1) is 10.2. The van der Waals surface area contributed by atoms with Gasteiger partial charge < -0.3 is 15.8 Å². The third-order valence-corrected chi connectivity index (χ3v) is 6.01. The summed E-state index contributed by atoms with van der Waals surface area (Å²) in [6.45, 7) is 1.86. The van der Waals surface area contributed by atoms with Crippen LogP contribution in [-0.4, -0.2) is 53.7 Å². The standard InChI is InChI=1S/C16H27N3O2/c17-15(20)16(18-11-4-5-11)7-6-12(10-16)19-8-9-21-14-3-1-2-13(14)19/h11-14,18H,1-10H2,(H2,17,20). The fraction of sp³-hybridized carbons (Fsp3) is 0.938. The third kappa shape index (κ3) is 2.49. The van der Waals surface area contributed by atoms with Crippen LogP contribution in [0.25, 0.3) is 0 Å². The molecule has 5 nitrogen and oxygen atoms in total. The Kier molecular flexibility index (Phi) is 3.47. The number of nitrogens with one attached hydrogen (secondary N) is 1. The Morgan fingerprint density at radius 3 is 2.86 bits per heavy atom. The number of ether oxygens (including phenoxy) is 1. The molecule has 0 aromatic carbocycles. The van der Waals surface area contributed by atoms with Gasteiger partial charge in [0.15, 0.2) is 0 Å². The number of nitrogens with two attached hydrogens (primary N) is 1. The van der Waals surface area contributed by atoms with Gasteiger partial charge in [-0.25, -0.2) is 0 Å². The van der Waals surface area contributed by atoms with E-state index in [1.54, 1.807) is 0 Å². The second-order valence-electron chi connectivity index (χ2n) is 7.41. The van der Waals surface area contributed by atoms with Crippen molar-refractivity contribution < 1.29 is 9.53 Å². The predicted molar refractivity (Wildman–Crippen MR) is 79.8 cm³/mol. The molecule has 1 aliphatic heterocycles. The van der Waals surface area contributed by atoms with E-state index in [1.165, 1.54) is 32.1 Å². The van der Waals surface area contributed by atoms with Crippen LogP contribution in [-0.2, 0) is 9.53 Å². The molecule has 0 spiro atoms. The molecule has 4 unspecified atom stereocenters. The van der Waals surface area contributed by atoms with Gasteiger partial charge in [-0.2, -0.15) is 0 Å². The summed E-state index contributed by atoms with van der Waals surface area (Å²) in [6.07, 6.45) is 9.44. The molecule has 0 bridgehead atoms. The second-order valence-corrected chi connectivity index (χ2v) is 7.41. The molecule has 0 aromatic heterocycles. The summed E-state index contributed by atoms with van der Waals surface area (Å²) in [5, 5.41) is 3.56. The van der Waals surface area contributed by atoms with E-state index in [0.29, 0.717) is 24.2 Å². The van der Waals surface area contributed by atoms with E-state index < -0.39 is 5.54 Å². The molecule has 0 radical (unpaired) electrons. The van der Waals surface area contributed by atoms with Crippen molar-refractivity contribution in [2.75, 3.05) is 13.2 Å². The molecule has 1 amide bonds. The number of carbonyl (C=O) groups is 1. The molecule has 4 aliphatic rings. The molecule has 4 fully saturated rings. The lowest BCUT2D eigenvalue weighted by molar-refractivity contribution is -0.124. The van der Waals surface area contributed by atoms with E-state index in [9.17, 15) is 4.79 Å². The van der Waals surface area contributed by atoms with E-state index in [4.69, 9.17) is 10.5 Å². The van der Waals surface area contributed by atoms with Crippen molar-refractivity contribution in [1.82, 2.24) is 10.2 Å². The fourth-order valence-corrected chi connectivity index (χ4v) is 4.76. The monoisotopic (exact) mass is 293 g/mol. The van der Waals surface area contributed by atoms with Crippen molar-refractivity contribution >= 4 is 5.91 Å². The maximum absolute atomic E-state index is 12.1. The highest BCUT2D eigenvalue weighted by molar-refractivity contribution is 5.85. The Bertz CT molecular complexity index is 426. The summed E-state index contributed by atoms with van der Waals surface area (Å²) >= 11 is 0. The smallest absolute Gasteiger partial charge is 0.237 e. The maximum atomic E-state index is 12.1. The van der Waals surface area contributed by atoms with Gasteiger partial charge in [-0.3, -0.25) is 9.69 Å². The molecule has 4 rings (SSSR count). The molecule has 1 saturated heterocycles. The molecule has 4 atom stereocenters. The first-order valence-corrected chi connectivity index (χ1v) is 8.63. The number of morpholine rings is 1. The van der Waals surface area contributed by atoms with Gasteiger partial charge in [0.1, 0.15) is 0 Å². The fourth-order valence-electron chi connectivity index (χ4n) is 4.76. The Balaban J connectivity index is 1.47. The Hall–Kier alpha value is -0.650. The van der Waals surface area contributed by atoms with Gasteiger partial charge in [0.25, 0.3) is 0 Å². The highest BCUT2D eigenvalue weighted by Gasteiger charge is 2.50. The Labute approximate surface area is 126 Å². The number of primary amides is 1. The predicted octanol–water partition coefficient (Wildman–Crippen LogP) is 0.768. The van der Waals surface area contributed by atoms with E-state index in [0.717, 1.165) is 32.4 Å². The molecule has 3 aliphatic carbocycles. The number of hydrogen-bond acceptors (Lipinski definition) is 4. The number of amides is 1. The minimum absolute atomic E-state index is 0.145. The minimum Gasteiger partial charge on any atom is -0.375 e. The van der Waals surface area contributed by atoms with Crippen LogP contribution in [0.3, 0.4) is 0 Å². The quantitative estimate of drug-likeness (QED) is 0.803. The third-order valence-electron chi connectivity index (χ3n) is 6.01. The number of carbonyl (C=O) groups excluding carboxylic acids is 1. The van der Waals surface area contributed by atoms with Gasteiger partial charge in [-0.15, -0.1) is 0 Å². The Morgan fingerprint density at radius 1 is 1.24 bits per heavy atom.